The van der Waals surface area contributed by atoms with Gasteiger partial charge in [0.2, 0.25) is 0 Å². The van der Waals surface area contributed by atoms with Crippen LogP contribution in [0, 0.1) is 52.3 Å². The molecule has 4 heteroatoms. The summed E-state index contributed by atoms with van der Waals surface area (Å²) in [4.78, 5) is 0. The Hall–Kier alpha value is -0.160. The van der Waals surface area contributed by atoms with Gasteiger partial charge in [-0.05, 0) is 97.7 Å². The molecule has 4 nitrogen and oxygen atoms in total. The number of fused-ring (bicyclic) bond motifs is 7. The van der Waals surface area contributed by atoms with E-state index >= 15 is 0 Å². The van der Waals surface area contributed by atoms with Crippen molar-refractivity contribution < 1.29 is 19.7 Å². The highest BCUT2D eigenvalue weighted by Gasteiger charge is 2.69. The van der Waals surface area contributed by atoms with E-state index in [0.29, 0.717) is 41.1 Å². The predicted molar refractivity (Wildman–Crippen MR) is 119 cm³/mol. The van der Waals surface area contributed by atoms with Crippen molar-refractivity contribution in [2.45, 2.75) is 110 Å². The standard InChI is InChI=1S/C27H44O4/c1-15-7-10-27(30-14-15)16(2)24-23(31-27)12-20-18-6-5-17-11-21(28)22(29)13-26(17,4)19(18)8-9-25(20,24)3/h15-24,28-29H,5-14H2,1-4H3/t15?,16?,17?,18?,19?,20?,21-,22?,23?,24?,25+,26+,27?/m1/s1. The van der Waals surface area contributed by atoms with Crippen LogP contribution in [0.1, 0.15) is 85.5 Å². The van der Waals surface area contributed by atoms with Gasteiger partial charge >= 0.3 is 0 Å². The van der Waals surface area contributed by atoms with Crippen LogP contribution in [0.15, 0.2) is 0 Å². The third kappa shape index (κ3) is 2.80. The topological polar surface area (TPSA) is 58.9 Å². The Morgan fingerprint density at radius 3 is 2.39 bits per heavy atom. The predicted octanol–water partition coefficient (Wildman–Crippen LogP) is 4.76. The summed E-state index contributed by atoms with van der Waals surface area (Å²) in [6, 6.07) is 0. The normalized spacial score (nSPS) is 63.3. The Balaban J connectivity index is 1.26. The van der Waals surface area contributed by atoms with Crippen LogP contribution in [-0.2, 0) is 9.47 Å². The van der Waals surface area contributed by atoms with Crippen molar-refractivity contribution in [2.75, 3.05) is 6.61 Å². The lowest BCUT2D eigenvalue weighted by atomic mass is 9.44. The molecule has 6 rings (SSSR count). The van der Waals surface area contributed by atoms with Crippen LogP contribution in [0.5, 0.6) is 0 Å². The first-order valence-corrected chi connectivity index (χ1v) is 13.4. The van der Waals surface area contributed by atoms with Gasteiger partial charge in [-0.25, -0.2) is 0 Å². The fourth-order valence-electron chi connectivity index (χ4n) is 10.3. The van der Waals surface area contributed by atoms with Crippen LogP contribution in [0.2, 0.25) is 0 Å². The minimum absolute atomic E-state index is 0.191. The minimum atomic E-state index is -0.537. The quantitative estimate of drug-likeness (QED) is 0.579. The van der Waals surface area contributed by atoms with Gasteiger partial charge in [0, 0.05) is 12.3 Å². The van der Waals surface area contributed by atoms with Gasteiger partial charge in [0.05, 0.1) is 24.9 Å². The molecule has 10 unspecified atom stereocenters. The summed E-state index contributed by atoms with van der Waals surface area (Å²) >= 11 is 0. The molecule has 0 bridgehead atoms. The smallest absolute Gasteiger partial charge is 0.171 e. The summed E-state index contributed by atoms with van der Waals surface area (Å²) in [5, 5.41) is 20.9. The van der Waals surface area contributed by atoms with Crippen molar-refractivity contribution in [2.24, 2.45) is 52.3 Å². The van der Waals surface area contributed by atoms with E-state index < -0.39 is 12.2 Å². The van der Waals surface area contributed by atoms with Crippen molar-refractivity contribution >= 4 is 0 Å². The highest BCUT2D eigenvalue weighted by molar-refractivity contribution is 5.15. The van der Waals surface area contributed by atoms with Crippen LogP contribution >= 0.6 is 0 Å². The van der Waals surface area contributed by atoms with Gasteiger partial charge in [0.15, 0.2) is 5.79 Å². The molecule has 176 valence electrons. The lowest BCUT2D eigenvalue weighted by molar-refractivity contribution is -0.273. The summed E-state index contributed by atoms with van der Waals surface area (Å²) < 4.78 is 13.3. The zero-order valence-electron chi connectivity index (χ0n) is 20.1. The molecular weight excluding hydrogens is 388 g/mol. The van der Waals surface area contributed by atoms with E-state index in [1.54, 1.807) is 0 Å². The van der Waals surface area contributed by atoms with Gasteiger partial charge < -0.3 is 19.7 Å². The summed E-state index contributed by atoms with van der Waals surface area (Å²) in [5.41, 5.74) is 0.550. The Bertz CT molecular complexity index is 716. The van der Waals surface area contributed by atoms with Crippen LogP contribution in [0.4, 0.5) is 0 Å². The van der Waals surface area contributed by atoms with Crippen molar-refractivity contribution in [3.8, 4) is 0 Å². The van der Waals surface area contributed by atoms with E-state index in [9.17, 15) is 10.2 Å². The zero-order chi connectivity index (χ0) is 21.8. The van der Waals surface area contributed by atoms with Crippen molar-refractivity contribution in [3.05, 3.63) is 0 Å². The molecule has 6 fully saturated rings. The maximum atomic E-state index is 10.6. The molecule has 13 atom stereocenters. The third-order valence-electron chi connectivity index (χ3n) is 12.0. The van der Waals surface area contributed by atoms with Gasteiger partial charge in [-0.15, -0.1) is 0 Å². The second kappa shape index (κ2) is 6.93. The number of ether oxygens (including phenoxy) is 2. The average Bonchev–Trinajstić information content (AvgIpc) is 3.16. The van der Waals surface area contributed by atoms with E-state index in [0.717, 1.165) is 37.7 Å². The summed E-state index contributed by atoms with van der Waals surface area (Å²) in [7, 11) is 0. The lowest BCUT2D eigenvalue weighted by Crippen LogP contribution is -2.57. The van der Waals surface area contributed by atoms with Gasteiger partial charge in [0.1, 0.15) is 0 Å². The molecule has 6 aliphatic rings. The fraction of sp³-hybridized carbons (Fsp3) is 1.00. The highest BCUT2D eigenvalue weighted by Crippen LogP contribution is 2.71. The van der Waals surface area contributed by atoms with Crippen molar-refractivity contribution in [1.82, 2.24) is 0 Å². The van der Waals surface area contributed by atoms with Crippen LogP contribution < -0.4 is 0 Å². The summed E-state index contributed by atoms with van der Waals surface area (Å²) in [6.07, 6.45) is 9.51. The van der Waals surface area contributed by atoms with E-state index in [2.05, 4.69) is 27.7 Å². The second-order valence-corrected chi connectivity index (χ2v) is 13.2. The van der Waals surface area contributed by atoms with Gasteiger partial charge in [-0.1, -0.05) is 27.7 Å². The number of aliphatic hydroxyl groups is 2. The maximum absolute atomic E-state index is 10.6. The Morgan fingerprint density at radius 2 is 1.65 bits per heavy atom. The van der Waals surface area contributed by atoms with E-state index in [-0.39, 0.29) is 11.2 Å². The van der Waals surface area contributed by atoms with E-state index in [1.165, 1.54) is 38.5 Å². The van der Waals surface area contributed by atoms with E-state index in [1.807, 2.05) is 0 Å². The summed E-state index contributed by atoms with van der Waals surface area (Å²) in [5.74, 6) is 4.21. The molecule has 2 N–H and O–H groups in total. The molecule has 1 spiro atoms. The SMILES string of the molecule is CC1CCC2(OC1)OC1CC3C4CCC5C[C@@H](O)C(O)C[C@]5(C)C4CC[C@]3(C)C1C2C. The molecule has 0 aromatic carbocycles. The molecule has 2 heterocycles. The average molecular weight is 433 g/mol. The number of hydrogen-bond acceptors (Lipinski definition) is 4. The second-order valence-electron chi connectivity index (χ2n) is 13.2. The van der Waals surface area contributed by atoms with Gasteiger partial charge in [-0.3, -0.25) is 0 Å². The van der Waals surface area contributed by atoms with Gasteiger partial charge in [0.25, 0.3) is 0 Å². The number of aliphatic hydroxyl groups excluding tert-OH is 2. The Morgan fingerprint density at radius 1 is 0.839 bits per heavy atom. The molecule has 2 saturated heterocycles. The van der Waals surface area contributed by atoms with Crippen molar-refractivity contribution in [1.29, 1.82) is 0 Å². The third-order valence-corrected chi connectivity index (χ3v) is 12.0. The molecule has 31 heavy (non-hydrogen) atoms. The molecule has 0 amide bonds. The van der Waals surface area contributed by atoms with Crippen LogP contribution in [-0.4, -0.2) is 40.9 Å². The first kappa shape index (κ1) is 21.4. The van der Waals surface area contributed by atoms with Gasteiger partial charge in [-0.2, -0.15) is 0 Å². The summed E-state index contributed by atoms with van der Waals surface area (Å²) in [6.45, 7) is 10.6. The molecule has 0 radical (unpaired) electrons. The largest absolute Gasteiger partial charge is 0.390 e. The molecule has 2 aliphatic heterocycles. The van der Waals surface area contributed by atoms with Crippen molar-refractivity contribution in [3.63, 3.8) is 0 Å². The van der Waals surface area contributed by atoms with Crippen LogP contribution in [0.25, 0.3) is 0 Å². The maximum Gasteiger partial charge on any atom is 0.171 e. The molecule has 4 aliphatic carbocycles. The number of rotatable bonds is 0. The van der Waals surface area contributed by atoms with E-state index in [4.69, 9.17) is 9.47 Å². The highest BCUT2D eigenvalue weighted by atomic mass is 16.7. The fourth-order valence-corrected chi connectivity index (χ4v) is 10.3. The molecule has 0 aromatic rings. The lowest BCUT2D eigenvalue weighted by Gasteiger charge is -2.61. The number of hydrogen-bond donors (Lipinski definition) is 2. The Labute approximate surface area is 188 Å². The van der Waals surface area contributed by atoms with Crippen LogP contribution in [0.3, 0.4) is 0 Å². The first-order chi connectivity index (χ1) is 14.7. The molecular formula is C27H44O4. The Kier molecular flexibility index (Phi) is 4.78. The molecule has 0 aromatic heterocycles. The minimum Gasteiger partial charge on any atom is -0.390 e. The first-order valence-electron chi connectivity index (χ1n) is 13.4. The zero-order valence-corrected chi connectivity index (χ0v) is 20.1. The molecule has 4 saturated carbocycles. The monoisotopic (exact) mass is 432 g/mol.